The topological polar surface area (TPSA) is 21.3 Å². The van der Waals surface area contributed by atoms with E-state index in [-0.39, 0.29) is 6.04 Å². The second-order valence-electron chi connectivity index (χ2n) is 5.34. The van der Waals surface area contributed by atoms with Crippen LogP contribution in [0.25, 0.3) is 0 Å². The second kappa shape index (κ2) is 10.7. The van der Waals surface area contributed by atoms with Gasteiger partial charge in [-0.25, -0.2) is 0 Å². The van der Waals surface area contributed by atoms with Crippen molar-refractivity contribution in [1.29, 1.82) is 0 Å². The van der Waals surface area contributed by atoms with Gasteiger partial charge < -0.3 is 10.1 Å². The lowest BCUT2D eigenvalue weighted by Gasteiger charge is -2.18. The Kier molecular flexibility index (Phi) is 9.20. The average molecular weight is 310 g/mol. The zero-order chi connectivity index (χ0) is 15.5. The quantitative estimate of drug-likeness (QED) is 0.429. The first-order chi connectivity index (χ1) is 10.2. The summed E-state index contributed by atoms with van der Waals surface area (Å²) in [6.45, 7) is 9.81. The molecule has 0 bridgehead atoms. The average Bonchev–Trinajstić information content (AvgIpc) is 2.49. The lowest BCUT2D eigenvalue weighted by molar-refractivity contribution is 0.299. The molecule has 0 aromatic heterocycles. The lowest BCUT2D eigenvalue weighted by atomic mass is 10.1. The van der Waals surface area contributed by atoms with E-state index in [1.807, 2.05) is 24.3 Å². The Morgan fingerprint density at radius 1 is 1.33 bits per heavy atom. The summed E-state index contributed by atoms with van der Waals surface area (Å²) in [4.78, 5) is 0. The number of halogens is 1. The predicted octanol–water partition coefficient (Wildman–Crippen LogP) is 5.53. The van der Waals surface area contributed by atoms with Gasteiger partial charge in [-0.1, -0.05) is 24.6 Å². The number of hydrogen-bond acceptors (Lipinski definition) is 2. The molecule has 1 atom stereocenters. The molecule has 1 aromatic rings. The number of allylic oxidation sites excluding steroid dienone is 1. The van der Waals surface area contributed by atoms with Crippen molar-refractivity contribution in [2.45, 2.75) is 52.0 Å². The molecule has 0 fully saturated rings. The molecule has 0 aliphatic rings. The second-order valence-corrected chi connectivity index (χ2v) is 5.78. The van der Waals surface area contributed by atoms with E-state index in [1.165, 1.54) is 12.8 Å². The Morgan fingerprint density at radius 2 is 2.14 bits per heavy atom. The van der Waals surface area contributed by atoms with E-state index in [0.29, 0.717) is 0 Å². The van der Waals surface area contributed by atoms with E-state index in [0.717, 1.165) is 48.7 Å². The summed E-state index contributed by atoms with van der Waals surface area (Å²) < 4.78 is 5.95. The van der Waals surface area contributed by atoms with Gasteiger partial charge in [-0.2, -0.15) is 0 Å². The smallest absolute Gasteiger partial charge is 0.124 e. The zero-order valence-electron chi connectivity index (χ0n) is 13.3. The number of nitrogens with one attached hydrogen (secondary N) is 1. The molecule has 2 nitrogen and oxygen atoms in total. The first kappa shape index (κ1) is 18.1. The molecular formula is C18H28ClNO. The minimum Gasteiger partial charge on any atom is -0.493 e. The van der Waals surface area contributed by atoms with E-state index in [9.17, 15) is 0 Å². The minimum atomic E-state index is 0.249. The number of unbranched alkanes of at least 4 members (excludes halogenated alkanes) is 3. The van der Waals surface area contributed by atoms with Crippen molar-refractivity contribution in [3.8, 4) is 5.75 Å². The van der Waals surface area contributed by atoms with Crippen molar-refractivity contribution in [3.05, 3.63) is 41.4 Å². The van der Waals surface area contributed by atoms with Crippen molar-refractivity contribution in [1.82, 2.24) is 5.32 Å². The summed E-state index contributed by atoms with van der Waals surface area (Å²) in [5.41, 5.74) is 1.14. The van der Waals surface area contributed by atoms with E-state index < -0.39 is 0 Å². The van der Waals surface area contributed by atoms with Crippen LogP contribution < -0.4 is 10.1 Å². The normalized spacial score (nSPS) is 12.1. The molecule has 118 valence electrons. The Bertz CT molecular complexity index is 420. The van der Waals surface area contributed by atoms with Crippen molar-refractivity contribution in [3.63, 3.8) is 0 Å². The molecule has 0 aliphatic carbocycles. The lowest BCUT2D eigenvalue weighted by Crippen LogP contribution is -2.20. The summed E-state index contributed by atoms with van der Waals surface area (Å²) in [6.07, 6.45) is 7.62. The largest absolute Gasteiger partial charge is 0.493 e. The molecule has 1 N–H and O–H groups in total. The van der Waals surface area contributed by atoms with Crippen molar-refractivity contribution in [2.24, 2.45) is 0 Å². The molecule has 0 heterocycles. The maximum absolute atomic E-state index is 6.12. The fourth-order valence-corrected chi connectivity index (χ4v) is 2.39. The van der Waals surface area contributed by atoms with Crippen LogP contribution in [0.15, 0.2) is 30.9 Å². The molecule has 0 spiro atoms. The highest BCUT2D eigenvalue weighted by molar-refractivity contribution is 6.30. The number of rotatable bonds is 11. The molecule has 1 unspecified atom stereocenters. The molecule has 0 radical (unpaired) electrons. The minimum absolute atomic E-state index is 0.249. The highest BCUT2D eigenvalue weighted by Crippen LogP contribution is 2.28. The summed E-state index contributed by atoms with van der Waals surface area (Å²) >= 11 is 6.12. The van der Waals surface area contributed by atoms with E-state index in [1.54, 1.807) is 0 Å². The molecule has 0 aliphatic heterocycles. The first-order valence-corrected chi connectivity index (χ1v) is 8.33. The molecule has 21 heavy (non-hydrogen) atoms. The number of ether oxygens (including phenoxy) is 1. The Labute approximate surface area is 134 Å². The SMILES string of the molecule is C=CCCCCCOc1ccc(Cl)cc1C(C)NCCC. The monoisotopic (exact) mass is 309 g/mol. The van der Waals surface area contributed by atoms with Gasteiger partial charge in [0.25, 0.3) is 0 Å². The van der Waals surface area contributed by atoms with Gasteiger partial charge in [0.15, 0.2) is 0 Å². The third-order valence-corrected chi connectivity index (χ3v) is 3.68. The zero-order valence-corrected chi connectivity index (χ0v) is 14.1. The molecule has 1 aromatic carbocycles. The van der Waals surface area contributed by atoms with Crippen molar-refractivity contribution in [2.75, 3.05) is 13.2 Å². The summed E-state index contributed by atoms with van der Waals surface area (Å²) in [5, 5.41) is 4.24. The molecule has 0 amide bonds. The van der Waals surface area contributed by atoms with Gasteiger partial charge in [-0.15, -0.1) is 6.58 Å². The van der Waals surface area contributed by atoms with E-state index in [4.69, 9.17) is 16.3 Å². The van der Waals surface area contributed by atoms with Crippen LogP contribution in [0.3, 0.4) is 0 Å². The van der Waals surface area contributed by atoms with Gasteiger partial charge in [0.05, 0.1) is 6.61 Å². The fraction of sp³-hybridized carbons (Fsp3) is 0.556. The van der Waals surface area contributed by atoms with Crippen LogP contribution >= 0.6 is 11.6 Å². The third-order valence-electron chi connectivity index (χ3n) is 3.45. The summed E-state index contributed by atoms with van der Waals surface area (Å²) in [7, 11) is 0. The van der Waals surface area contributed by atoms with Crippen LogP contribution in [-0.4, -0.2) is 13.2 Å². The number of benzene rings is 1. The molecule has 0 saturated carbocycles. The van der Waals surface area contributed by atoms with Crippen LogP contribution in [0, 0.1) is 0 Å². The summed E-state index contributed by atoms with van der Waals surface area (Å²) in [6, 6.07) is 6.12. The molecule has 1 rings (SSSR count). The summed E-state index contributed by atoms with van der Waals surface area (Å²) in [5.74, 6) is 0.944. The molecule has 0 saturated heterocycles. The highest BCUT2D eigenvalue weighted by Gasteiger charge is 2.11. The van der Waals surface area contributed by atoms with Crippen LogP contribution in [0.5, 0.6) is 5.75 Å². The molecule has 3 heteroatoms. The van der Waals surface area contributed by atoms with Crippen LogP contribution in [0.1, 0.15) is 57.6 Å². The van der Waals surface area contributed by atoms with Gasteiger partial charge >= 0.3 is 0 Å². The highest BCUT2D eigenvalue weighted by atomic mass is 35.5. The maximum atomic E-state index is 6.12. The Hall–Kier alpha value is -0.990. The Morgan fingerprint density at radius 3 is 2.86 bits per heavy atom. The number of hydrogen-bond donors (Lipinski definition) is 1. The van der Waals surface area contributed by atoms with E-state index in [2.05, 4.69) is 25.7 Å². The van der Waals surface area contributed by atoms with Crippen LogP contribution in [0.4, 0.5) is 0 Å². The van der Waals surface area contributed by atoms with Crippen LogP contribution in [0.2, 0.25) is 5.02 Å². The predicted molar refractivity (Wildman–Crippen MR) is 92.3 cm³/mol. The van der Waals surface area contributed by atoms with Crippen molar-refractivity contribution < 1.29 is 4.74 Å². The first-order valence-electron chi connectivity index (χ1n) is 7.95. The molecular weight excluding hydrogens is 282 g/mol. The third kappa shape index (κ3) is 7.01. The van der Waals surface area contributed by atoms with Gasteiger partial charge in [0, 0.05) is 16.6 Å². The van der Waals surface area contributed by atoms with E-state index >= 15 is 0 Å². The maximum Gasteiger partial charge on any atom is 0.124 e. The van der Waals surface area contributed by atoms with Gasteiger partial charge in [0.2, 0.25) is 0 Å². The van der Waals surface area contributed by atoms with Crippen LogP contribution in [-0.2, 0) is 0 Å². The fourth-order valence-electron chi connectivity index (χ4n) is 2.21. The van der Waals surface area contributed by atoms with Gasteiger partial charge in [0.1, 0.15) is 5.75 Å². The van der Waals surface area contributed by atoms with Gasteiger partial charge in [-0.3, -0.25) is 0 Å². The standard InChI is InChI=1S/C18H28ClNO/c1-4-6-7-8-9-13-21-18-11-10-16(19)14-17(18)15(3)20-12-5-2/h4,10-11,14-15,20H,1,5-9,12-13H2,2-3H3. The Balaban J connectivity index is 2.53. The van der Waals surface area contributed by atoms with Gasteiger partial charge in [-0.05, 0) is 63.8 Å². The van der Waals surface area contributed by atoms with Crippen molar-refractivity contribution >= 4 is 11.6 Å².